The summed E-state index contributed by atoms with van der Waals surface area (Å²) >= 11 is -2.22. The van der Waals surface area contributed by atoms with Gasteiger partial charge in [0.2, 0.25) is 0 Å². The van der Waals surface area contributed by atoms with Gasteiger partial charge in [-0.2, -0.15) is 0 Å². The first-order valence-corrected chi connectivity index (χ1v) is 18.3. The van der Waals surface area contributed by atoms with Gasteiger partial charge in [-0.05, 0) is 0 Å². The molecule has 2 aromatic heterocycles. The Kier molecular flexibility index (Phi) is 3.80. The van der Waals surface area contributed by atoms with Crippen molar-refractivity contribution in [2.45, 2.75) is 14.8 Å². The molecule has 0 spiro atoms. The van der Waals surface area contributed by atoms with Gasteiger partial charge in [0.15, 0.2) is 0 Å². The predicted octanol–water partition coefficient (Wildman–Crippen LogP) is 5.00. The zero-order valence-corrected chi connectivity index (χ0v) is 17.1. The molecule has 4 aromatic rings. The van der Waals surface area contributed by atoms with Gasteiger partial charge in [-0.1, -0.05) is 0 Å². The molecule has 0 fully saturated rings. The summed E-state index contributed by atoms with van der Waals surface area (Å²) in [6.07, 6.45) is 0. The van der Waals surface area contributed by atoms with E-state index in [2.05, 4.69) is 69.4 Å². The summed E-state index contributed by atoms with van der Waals surface area (Å²) in [4.78, 5) is 17.1. The van der Waals surface area contributed by atoms with Crippen LogP contribution in [0.4, 0.5) is 0 Å². The van der Waals surface area contributed by atoms with Gasteiger partial charge >= 0.3 is 147 Å². The van der Waals surface area contributed by atoms with Crippen molar-refractivity contribution in [3.63, 3.8) is 0 Å². The molecule has 24 heavy (non-hydrogen) atoms. The van der Waals surface area contributed by atoms with Crippen LogP contribution in [0.3, 0.4) is 0 Å². The van der Waals surface area contributed by atoms with Crippen LogP contribution in [-0.4, -0.2) is 28.3 Å². The topological polar surface area (TPSA) is 25.8 Å². The molecule has 2 nitrogen and oxygen atoms in total. The quantitative estimate of drug-likeness (QED) is 0.338. The molecule has 0 bridgehead atoms. The van der Waals surface area contributed by atoms with E-state index >= 15 is 0 Å². The molecule has 4 rings (SSSR count). The van der Waals surface area contributed by atoms with Crippen molar-refractivity contribution >= 4 is 43.9 Å². The Balaban J connectivity index is 2.11. The van der Waals surface area contributed by atoms with Gasteiger partial charge in [0.25, 0.3) is 0 Å². The average molecular weight is 419 g/mol. The maximum absolute atomic E-state index is 5.08. The number of pyridine rings is 2. The number of aromatic nitrogens is 2. The molecule has 0 atom stereocenters. The Labute approximate surface area is 146 Å². The van der Waals surface area contributed by atoms with Gasteiger partial charge in [0, 0.05) is 0 Å². The van der Waals surface area contributed by atoms with Crippen molar-refractivity contribution in [2.75, 3.05) is 0 Å². The molecule has 0 aliphatic carbocycles. The summed E-state index contributed by atoms with van der Waals surface area (Å²) in [5.41, 5.74) is 4.32. The first-order valence-electron chi connectivity index (χ1n) is 8.29. The van der Waals surface area contributed by atoms with Crippen molar-refractivity contribution in [3.8, 4) is 11.3 Å². The zero-order chi connectivity index (χ0) is 16.7. The summed E-state index contributed by atoms with van der Waals surface area (Å²) in [6, 6.07) is 23.2. The van der Waals surface area contributed by atoms with Crippen LogP contribution in [0, 0.1) is 0 Å². The minimum absolute atomic E-state index is 1.03. The molecule has 0 N–H and O–H groups in total. The molecule has 2 heterocycles. The summed E-state index contributed by atoms with van der Waals surface area (Å²) in [7, 11) is 0. The van der Waals surface area contributed by atoms with Gasteiger partial charge in [-0.25, -0.2) is 0 Å². The van der Waals surface area contributed by atoms with Crippen LogP contribution in [0.1, 0.15) is 0 Å². The molecule has 2 aromatic carbocycles. The molecule has 0 aliphatic rings. The van der Waals surface area contributed by atoms with E-state index in [-0.39, 0.29) is 0 Å². The summed E-state index contributed by atoms with van der Waals surface area (Å²) in [5, 5.41) is 2.34. The van der Waals surface area contributed by atoms with Gasteiger partial charge in [-0.3, -0.25) is 0 Å². The van der Waals surface area contributed by atoms with E-state index in [0.717, 1.165) is 16.7 Å². The molecule has 0 amide bonds. The van der Waals surface area contributed by atoms with Gasteiger partial charge in [0.05, 0.1) is 0 Å². The zero-order valence-electron chi connectivity index (χ0n) is 14.2. The van der Waals surface area contributed by atoms with E-state index < -0.39 is 18.4 Å². The van der Waals surface area contributed by atoms with Crippen LogP contribution >= 0.6 is 0 Å². The van der Waals surface area contributed by atoms with Gasteiger partial charge < -0.3 is 0 Å². The van der Waals surface area contributed by atoms with E-state index in [1.165, 1.54) is 20.0 Å². The van der Waals surface area contributed by atoms with Crippen molar-refractivity contribution in [1.29, 1.82) is 0 Å². The van der Waals surface area contributed by atoms with Crippen LogP contribution in [0.2, 0.25) is 14.8 Å². The number of nitrogens with zero attached hydrogens (tertiary/aromatic N) is 2. The molecular weight excluding hydrogens is 399 g/mol. The fraction of sp³-hybridized carbons (Fsp3) is 0.143. The van der Waals surface area contributed by atoms with Crippen LogP contribution < -0.4 is 3.71 Å². The molecule has 0 saturated carbocycles. The number of hydrogen-bond acceptors (Lipinski definition) is 2. The second-order valence-electron chi connectivity index (χ2n) is 7.18. The Morgan fingerprint density at radius 1 is 0.625 bits per heavy atom. The van der Waals surface area contributed by atoms with Crippen molar-refractivity contribution in [2.24, 2.45) is 0 Å². The van der Waals surface area contributed by atoms with Crippen LogP contribution in [0.5, 0.6) is 0 Å². The molecule has 3 heteroatoms. The number of rotatable bonds is 2. The number of para-hydroxylation sites is 2. The van der Waals surface area contributed by atoms with Crippen LogP contribution in [-0.2, 0) is 0 Å². The minimum atomic E-state index is -2.22. The predicted molar refractivity (Wildman–Crippen MR) is 105 cm³/mol. The standard InChI is InChI=1S/C18H11N2.3CH3.Sn/c1-3-9-15-13(7-1)18(17-11-5-6-12-19-17)14-8-2-4-10-16(14)20-15;;;;/h1-11H;3*1H3;. The number of fused-ring (bicyclic) bond motifs is 2. The Bertz CT molecular complexity index is 994. The number of hydrogen-bond donors (Lipinski definition) is 0. The van der Waals surface area contributed by atoms with Crippen LogP contribution in [0.25, 0.3) is 33.1 Å². The molecule has 0 unspecified atom stereocenters. The normalized spacial score (nSPS) is 12.0. The van der Waals surface area contributed by atoms with E-state index in [1.54, 1.807) is 0 Å². The van der Waals surface area contributed by atoms with E-state index in [4.69, 9.17) is 9.97 Å². The molecule has 118 valence electrons. The fourth-order valence-corrected chi connectivity index (χ4v) is 6.11. The molecule has 0 saturated heterocycles. The molecule has 0 aliphatic heterocycles. The van der Waals surface area contributed by atoms with Gasteiger partial charge in [0.1, 0.15) is 0 Å². The van der Waals surface area contributed by atoms with Gasteiger partial charge in [-0.15, -0.1) is 0 Å². The third-order valence-corrected chi connectivity index (χ3v) is 9.54. The monoisotopic (exact) mass is 420 g/mol. The molecule has 0 radical (unpaired) electrons. The van der Waals surface area contributed by atoms with E-state index in [9.17, 15) is 0 Å². The third-order valence-electron chi connectivity index (χ3n) is 4.36. The van der Waals surface area contributed by atoms with Crippen molar-refractivity contribution < 1.29 is 0 Å². The maximum atomic E-state index is 5.08. The first kappa shape index (κ1) is 15.6. The SMILES string of the molecule is [CH3][Sn]([CH3])([CH3])[c]1cccc(-c2c3ccccc3nc3ccccc23)n1. The summed E-state index contributed by atoms with van der Waals surface area (Å²) < 4.78 is 1.31. The Morgan fingerprint density at radius 3 is 1.79 bits per heavy atom. The summed E-state index contributed by atoms with van der Waals surface area (Å²) in [6.45, 7) is 0. The Hall–Kier alpha value is -1.94. The average Bonchev–Trinajstić information content (AvgIpc) is 2.59. The molecular formula is C21H20N2Sn. The first-order chi connectivity index (χ1) is 11.5. The second-order valence-corrected chi connectivity index (χ2v) is 21.5. The third kappa shape index (κ3) is 2.69. The van der Waals surface area contributed by atoms with E-state index in [1.807, 2.05) is 12.1 Å². The van der Waals surface area contributed by atoms with E-state index in [0.29, 0.717) is 0 Å². The number of benzene rings is 2. The van der Waals surface area contributed by atoms with Crippen molar-refractivity contribution in [3.05, 3.63) is 66.7 Å². The summed E-state index contributed by atoms with van der Waals surface area (Å²) in [5.74, 6) is 0. The van der Waals surface area contributed by atoms with Crippen molar-refractivity contribution in [1.82, 2.24) is 9.97 Å². The van der Waals surface area contributed by atoms with Crippen LogP contribution in [0.15, 0.2) is 66.7 Å². The Morgan fingerprint density at radius 2 is 1.21 bits per heavy atom. The fourth-order valence-electron chi connectivity index (χ4n) is 3.11. The second kappa shape index (κ2) is 5.85.